The van der Waals surface area contributed by atoms with E-state index in [1.807, 2.05) is 54.6 Å². The van der Waals surface area contributed by atoms with Crippen LogP contribution in [0.25, 0.3) is 66.1 Å². The summed E-state index contributed by atoms with van der Waals surface area (Å²) in [5.74, 6) is -5.82. The zero-order chi connectivity index (χ0) is 92.3. The third-order valence-electron chi connectivity index (χ3n) is 19.0. The molecule has 0 bridgehead atoms. The molecule has 36 heteroatoms. The summed E-state index contributed by atoms with van der Waals surface area (Å²) < 4.78 is 166. The van der Waals surface area contributed by atoms with E-state index < -0.39 is 84.0 Å². The number of phenolic OH excluding ortho intramolecular Hbond substituents is 1. The fraction of sp³-hybridized carbons (Fsp3) is 0.179. The van der Waals surface area contributed by atoms with Crippen LogP contribution < -0.4 is 55.7 Å². The monoisotopic (exact) mass is 1950 g/mol. The van der Waals surface area contributed by atoms with E-state index in [9.17, 15) is 50.6 Å². The molecule has 0 fully saturated rings. The van der Waals surface area contributed by atoms with Crippen molar-refractivity contribution >= 4 is 125 Å². The second-order valence-electron chi connectivity index (χ2n) is 27.8. The van der Waals surface area contributed by atoms with Crippen LogP contribution in [0.15, 0.2) is 246 Å². The summed E-state index contributed by atoms with van der Waals surface area (Å²) in [6.07, 6.45) is 4.87. The molecule has 12 N–H and O–H groups in total. The Labute approximate surface area is 780 Å². The zero-order valence-corrected chi connectivity index (χ0v) is 74.6. The van der Waals surface area contributed by atoms with Crippen molar-refractivity contribution in [2.24, 2.45) is 17.2 Å². The number of benzene rings is 11. The molecule has 0 spiro atoms. The van der Waals surface area contributed by atoms with Gasteiger partial charge in [-0.3, -0.25) is 19.2 Å². The van der Waals surface area contributed by atoms with Gasteiger partial charge in [0.2, 0.25) is 0 Å². The van der Waals surface area contributed by atoms with Crippen LogP contribution in [0.1, 0.15) is 82.0 Å². The predicted octanol–water partition coefficient (Wildman–Crippen LogP) is 16.3. The molecule has 0 atom stereocenters. The first kappa shape index (κ1) is 106. The van der Waals surface area contributed by atoms with Crippen molar-refractivity contribution in [1.82, 2.24) is 0 Å². The first-order valence-electron chi connectivity index (χ1n) is 39.4. The summed E-state index contributed by atoms with van der Waals surface area (Å²) in [4.78, 5) is 45.7. The molecule has 23 nitrogen and oxygen atoms in total. The molecule has 4 aromatic heterocycles. The maximum Gasteiger partial charge on any atom is 1.00 e. The number of hydrogen-bond acceptors (Lipinski definition) is 22. The number of carbonyl (C=O) groups excluding carboxylic acids is 3. The number of nitrogens with two attached hydrogens (primary N) is 3. The Morgan fingerprint density at radius 3 is 1.08 bits per heavy atom. The standard InChI is InChI=1S/C26H23F2NO4.C24H19F2NO4.C19H15BrF2O4.C10H11FO3.C9H6BrFO2.C7H10BNO2.ClH.Li.H2O/c1-2-31-24(30)13-18-11-20(27)6-7-23(18)33-15-19-12-22(17-5-3-4-16(10-17)14-29)26-21(25(19)28)8-9-32-26;25-18-4-5-21(16(9-18)11-22(28)29)31-13-17-10-20(15-3-1-2-14(8-15)12-27)24-19(23(17)26)6-7-30-24;1-2-24-17(23)9-11-7-13(21)3-4-16(11)26-10-12-8-15(20)19-14(18(12)22)5-6-25-19;1-2-14-10(13)6-7-5-8(11)3-4-9(7)12;10-7-3-5(4-12)8(11)6-1-2-13-9(6)7;9-5-6-2-1-3-7(4-6)8(10)11;;;/h3-12H,2,13-15,29H2,1H3;1-10H,11-13,27H2,(H,28,29);3-8H,2,9-10H2,1H3;3-5,12H,2,6H2,1H3;1-3,12H,4H2;1-4,10-11H,5,9H2;1H;;1H2/q;;;;;;;+1;/p-1. The minimum absolute atomic E-state index is 0. The number of carbonyl (C=O) groups is 4. The zero-order valence-electron chi connectivity index (χ0n) is 70.6. The molecular formula is C95H86BBr2ClF8LiN3O20. The first-order valence-corrected chi connectivity index (χ1v) is 40.9. The number of furan rings is 4. The molecule has 0 unspecified atom stereocenters. The van der Waals surface area contributed by atoms with Crippen molar-refractivity contribution in [3.05, 3.63) is 336 Å². The number of halogens is 11. The molecule has 0 radical (unpaired) electrons. The maximum atomic E-state index is 15.2. The Balaban J connectivity index is 0.000000223. The molecule has 0 saturated carbocycles. The van der Waals surface area contributed by atoms with E-state index >= 15 is 8.78 Å². The average molecular weight is 1950 g/mol. The van der Waals surface area contributed by atoms with Crippen molar-refractivity contribution in [3.63, 3.8) is 0 Å². The van der Waals surface area contributed by atoms with Crippen LogP contribution in [-0.2, 0) is 105 Å². The van der Waals surface area contributed by atoms with Crippen molar-refractivity contribution < 1.29 is 150 Å². The number of carboxylic acids is 1. The summed E-state index contributed by atoms with van der Waals surface area (Å²) >= 11 is 6.56. The van der Waals surface area contributed by atoms with E-state index in [0.29, 0.717) is 117 Å². The van der Waals surface area contributed by atoms with E-state index in [-0.39, 0.29) is 142 Å². The second kappa shape index (κ2) is 51.4. The summed E-state index contributed by atoms with van der Waals surface area (Å²) in [5.41, 5.74) is 27.1. The fourth-order valence-electron chi connectivity index (χ4n) is 13.0. The number of aliphatic carboxylic acids is 1. The number of esters is 3. The molecule has 0 aliphatic heterocycles. The SMILES string of the molecule is CCOC(=O)Cc1cc(F)ccc1O.CCOC(=O)Cc1cc(F)ccc1OCc1cc(-c2cccc(CN)c2)c2occc2c1F.CCOC(=O)Cc1cc(F)ccc1OCc1cc(Br)c2occc2c1F.Cl.NCc1cccc(-c2cc(COc3ccc(F)cc3CC(=O)O)c(F)c3ccoc23)c1.NCc1cccc(B(O)O)c1.OCc1cc(Br)c2occc2c1F.[Li+].[OH-]. The Morgan fingerprint density at radius 1 is 0.397 bits per heavy atom. The van der Waals surface area contributed by atoms with Crippen LogP contribution in [0.4, 0.5) is 35.1 Å². The van der Waals surface area contributed by atoms with Crippen LogP contribution >= 0.6 is 44.3 Å². The van der Waals surface area contributed by atoms with Gasteiger partial charge in [-0.1, -0.05) is 60.7 Å². The normalized spacial score (nSPS) is 10.5. The number of carboxylic acid groups (broad SMARTS) is 1. The average Bonchev–Trinajstić information content (AvgIpc) is 1.66. The smallest absolute Gasteiger partial charge is 0.870 e. The van der Waals surface area contributed by atoms with Crippen molar-refractivity contribution in [2.45, 2.75) is 92.5 Å². The quantitative estimate of drug-likeness (QED) is 0.0103. The maximum absolute atomic E-state index is 15.2. The Bertz CT molecular complexity index is 6400. The molecule has 0 aliphatic rings. The minimum atomic E-state index is -1.40. The predicted molar refractivity (Wildman–Crippen MR) is 479 cm³/mol. The van der Waals surface area contributed by atoms with Crippen LogP contribution in [0.5, 0.6) is 23.0 Å². The third-order valence-corrected chi connectivity index (χ3v) is 20.2. The van der Waals surface area contributed by atoms with Gasteiger partial charge in [0.1, 0.15) is 101 Å². The van der Waals surface area contributed by atoms with E-state index in [1.54, 1.807) is 63.2 Å². The van der Waals surface area contributed by atoms with Gasteiger partial charge in [0, 0.05) is 75.3 Å². The topological polar surface area (TPSA) is 385 Å². The molecule has 15 aromatic rings. The number of aliphatic hydroxyl groups excluding tert-OH is 1. The number of aromatic hydroxyl groups is 1. The summed E-state index contributed by atoms with van der Waals surface area (Å²) in [5, 5.41) is 46.1. The Kier molecular flexibility index (Phi) is 41.5. The summed E-state index contributed by atoms with van der Waals surface area (Å²) in [6, 6.07) is 49.4. The Hall–Kier alpha value is -12.3. The molecule has 4 heterocycles. The van der Waals surface area contributed by atoms with Crippen LogP contribution in [0, 0.1) is 46.5 Å². The summed E-state index contributed by atoms with van der Waals surface area (Å²) in [7, 11) is -1.40. The van der Waals surface area contributed by atoms with Crippen LogP contribution in [-0.4, -0.2) is 81.7 Å². The first-order chi connectivity index (χ1) is 61.5. The van der Waals surface area contributed by atoms with Gasteiger partial charge in [-0.25, -0.2) is 35.1 Å². The van der Waals surface area contributed by atoms with E-state index in [1.165, 1.54) is 104 Å². The van der Waals surface area contributed by atoms with Gasteiger partial charge >= 0.3 is 49.9 Å². The van der Waals surface area contributed by atoms with Crippen molar-refractivity contribution in [3.8, 4) is 45.3 Å². The summed E-state index contributed by atoms with van der Waals surface area (Å²) in [6.45, 7) is 6.24. The number of fused-ring (bicyclic) bond motifs is 4. The van der Waals surface area contributed by atoms with E-state index in [2.05, 4.69) is 36.6 Å². The third kappa shape index (κ3) is 28.9. The number of rotatable bonds is 27. The molecule has 0 saturated heterocycles. The molecule has 0 amide bonds. The van der Waals surface area contributed by atoms with Gasteiger partial charge in [0.25, 0.3) is 0 Å². The number of phenols is 1. The van der Waals surface area contributed by atoms with Crippen LogP contribution in [0.2, 0.25) is 0 Å². The molecular weight excluding hydrogens is 1870 g/mol. The van der Waals surface area contributed by atoms with Gasteiger partial charge in [0.05, 0.1) is 108 Å². The van der Waals surface area contributed by atoms with E-state index in [4.69, 9.17) is 78.8 Å². The molecule has 0 aliphatic carbocycles. The number of aliphatic hydroxyl groups is 1. The van der Waals surface area contributed by atoms with Gasteiger partial charge in [-0.15, -0.1) is 12.4 Å². The largest absolute Gasteiger partial charge is 1.00 e. The van der Waals surface area contributed by atoms with Gasteiger partial charge in [0.15, 0.2) is 11.2 Å². The van der Waals surface area contributed by atoms with E-state index in [0.717, 1.165) is 46.0 Å². The minimum Gasteiger partial charge on any atom is -0.870 e. The fourth-order valence-corrected chi connectivity index (χ4v) is 14.1. The molecule has 15 rings (SSSR count). The Morgan fingerprint density at radius 2 is 0.718 bits per heavy atom. The van der Waals surface area contributed by atoms with Crippen molar-refractivity contribution in [1.29, 1.82) is 0 Å². The van der Waals surface area contributed by atoms with Gasteiger partial charge in [-0.2, -0.15) is 0 Å². The van der Waals surface area contributed by atoms with Gasteiger partial charge < -0.3 is 94.1 Å². The molecule has 131 heavy (non-hydrogen) atoms. The molecule has 682 valence electrons. The molecule has 11 aromatic carbocycles. The van der Waals surface area contributed by atoms with Crippen molar-refractivity contribution in [2.75, 3.05) is 19.8 Å². The number of hydrogen-bond donors (Lipinski definition) is 8. The van der Waals surface area contributed by atoms with Crippen LogP contribution in [0.3, 0.4) is 0 Å². The van der Waals surface area contributed by atoms with Gasteiger partial charge in [-0.05, 0) is 219 Å². The number of ether oxygens (including phenoxy) is 6. The second-order valence-corrected chi connectivity index (χ2v) is 29.5.